The maximum absolute atomic E-state index is 9.90. The van der Waals surface area contributed by atoms with Crippen LogP contribution in [-0.4, -0.2) is 22.2 Å². The van der Waals surface area contributed by atoms with Crippen molar-refractivity contribution in [1.29, 1.82) is 0 Å². The molecule has 0 spiro atoms. The Morgan fingerprint density at radius 1 is 1.40 bits per heavy atom. The SMILES string of the molecule is OC1CCCCCC1NCc1nccs1. The van der Waals surface area contributed by atoms with Crippen molar-refractivity contribution in [2.75, 3.05) is 0 Å². The van der Waals surface area contributed by atoms with E-state index in [1.807, 2.05) is 11.6 Å². The van der Waals surface area contributed by atoms with Gasteiger partial charge in [0.05, 0.1) is 6.10 Å². The molecule has 0 bridgehead atoms. The molecule has 1 fully saturated rings. The Hall–Kier alpha value is -0.450. The van der Waals surface area contributed by atoms with Crippen LogP contribution in [0.25, 0.3) is 0 Å². The Morgan fingerprint density at radius 2 is 2.27 bits per heavy atom. The predicted molar refractivity (Wildman–Crippen MR) is 61.8 cm³/mol. The molecule has 0 amide bonds. The normalized spacial score (nSPS) is 27.5. The fourth-order valence-electron chi connectivity index (χ4n) is 2.08. The van der Waals surface area contributed by atoms with E-state index in [2.05, 4.69) is 10.3 Å². The molecule has 0 aliphatic heterocycles. The minimum Gasteiger partial charge on any atom is -0.392 e. The lowest BCUT2D eigenvalue weighted by atomic mass is 10.1. The molecule has 3 nitrogen and oxygen atoms in total. The predicted octanol–water partition coefficient (Wildman–Crippen LogP) is 1.93. The van der Waals surface area contributed by atoms with Crippen molar-refractivity contribution in [3.63, 3.8) is 0 Å². The number of nitrogens with zero attached hydrogens (tertiary/aromatic N) is 1. The molecule has 2 N–H and O–H groups in total. The summed E-state index contributed by atoms with van der Waals surface area (Å²) < 4.78 is 0. The van der Waals surface area contributed by atoms with Gasteiger partial charge >= 0.3 is 0 Å². The summed E-state index contributed by atoms with van der Waals surface area (Å²) in [6, 6.07) is 0.261. The minimum atomic E-state index is -0.174. The molecule has 1 aliphatic rings. The van der Waals surface area contributed by atoms with Crippen LogP contribution in [0.4, 0.5) is 0 Å². The van der Waals surface area contributed by atoms with E-state index in [1.54, 1.807) is 11.3 Å². The second-order valence-corrected chi connectivity index (χ2v) is 5.10. The van der Waals surface area contributed by atoms with E-state index in [1.165, 1.54) is 12.8 Å². The van der Waals surface area contributed by atoms with Crippen LogP contribution >= 0.6 is 11.3 Å². The summed E-state index contributed by atoms with van der Waals surface area (Å²) >= 11 is 1.66. The molecule has 15 heavy (non-hydrogen) atoms. The third-order valence-electron chi connectivity index (χ3n) is 2.98. The van der Waals surface area contributed by atoms with Crippen LogP contribution in [0.2, 0.25) is 0 Å². The van der Waals surface area contributed by atoms with Gasteiger partial charge < -0.3 is 10.4 Å². The monoisotopic (exact) mass is 226 g/mol. The van der Waals surface area contributed by atoms with E-state index >= 15 is 0 Å². The molecule has 0 saturated heterocycles. The zero-order chi connectivity index (χ0) is 10.5. The number of thiazole rings is 1. The Bertz CT molecular complexity index is 276. The van der Waals surface area contributed by atoms with Crippen LogP contribution in [0.15, 0.2) is 11.6 Å². The molecule has 84 valence electrons. The van der Waals surface area contributed by atoms with Gasteiger partial charge in [-0.1, -0.05) is 19.3 Å². The number of hydrogen-bond donors (Lipinski definition) is 2. The van der Waals surface area contributed by atoms with Gasteiger partial charge in [-0.25, -0.2) is 4.98 Å². The molecule has 1 aromatic rings. The van der Waals surface area contributed by atoms with Gasteiger partial charge in [-0.2, -0.15) is 0 Å². The summed E-state index contributed by atoms with van der Waals surface area (Å²) in [6.07, 6.45) is 7.33. The van der Waals surface area contributed by atoms with E-state index in [-0.39, 0.29) is 12.1 Å². The van der Waals surface area contributed by atoms with Gasteiger partial charge in [-0.05, 0) is 12.8 Å². The number of aliphatic hydroxyl groups is 1. The minimum absolute atomic E-state index is 0.174. The van der Waals surface area contributed by atoms with Crippen molar-refractivity contribution in [2.24, 2.45) is 0 Å². The highest BCUT2D eigenvalue weighted by Crippen LogP contribution is 2.18. The molecular weight excluding hydrogens is 208 g/mol. The number of nitrogens with one attached hydrogen (secondary N) is 1. The summed E-state index contributed by atoms with van der Waals surface area (Å²) in [5, 5.41) is 16.4. The van der Waals surface area contributed by atoms with Crippen LogP contribution in [-0.2, 0) is 6.54 Å². The van der Waals surface area contributed by atoms with Crippen LogP contribution in [0.1, 0.15) is 37.1 Å². The summed E-state index contributed by atoms with van der Waals surface area (Å²) in [4.78, 5) is 4.22. The molecule has 1 aliphatic carbocycles. The lowest BCUT2D eigenvalue weighted by molar-refractivity contribution is 0.119. The largest absolute Gasteiger partial charge is 0.392 e. The van der Waals surface area contributed by atoms with Crippen LogP contribution in [0.5, 0.6) is 0 Å². The van der Waals surface area contributed by atoms with Gasteiger partial charge in [0.25, 0.3) is 0 Å². The van der Waals surface area contributed by atoms with Gasteiger partial charge in [0, 0.05) is 24.2 Å². The van der Waals surface area contributed by atoms with Gasteiger partial charge in [0.2, 0.25) is 0 Å². The third kappa shape index (κ3) is 3.26. The smallest absolute Gasteiger partial charge is 0.106 e. The molecule has 0 radical (unpaired) electrons. The Balaban J connectivity index is 1.81. The molecule has 1 saturated carbocycles. The van der Waals surface area contributed by atoms with Crippen molar-refractivity contribution in [2.45, 2.75) is 50.8 Å². The maximum atomic E-state index is 9.90. The quantitative estimate of drug-likeness (QED) is 0.774. The highest BCUT2D eigenvalue weighted by Gasteiger charge is 2.20. The van der Waals surface area contributed by atoms with Crippen LogP contribution < -0.4 is 5.32 Å². The van der Waals surface area contributed by atoms with Crippen molar-refractivity contribution >= 4 is 11.3 Å². The van der Waals surface area contributed by atoms with Gasteiger partial charge in [-0.3, -0.25) is 0 Å². The average molecular weight is 226 g/mol. The summed E-state index contributed by atoms with van der Waals surface area (Å²) in [5.41, 5.74) is 0. The van der Waals surface area contributed by atoms with Crippen LogP contribution in [0, 0.1) is 0 Å². The lowest BCUT2D eigenvalue weighted by Gasteiger charge is -2.21. The van der Waals surface area contributed by atoms with Crippen molar-refractivity contribution in [3.05, 3.63) is 16.6 Å². The fraction of sp³-hybridized carbons (Fsp3) is 0.727. The van der Waals surface area contributed by atoms with Gasteiger partial charge in [0.1, 0.15) is 5.01 Å². The maximum Gasteiger partial charge on any atom is 0.106 e. The van der Waals surface area contributed by atoms with Crippen molar-refractivity contribution < 1.29 is 5.11 Å². The molecule has 2 atom stereocenters. The van der Waals surface area contributed by atoms with Crippen LogP contribution in [0.3, 0.4) is 0 Å². The first-order valence-electron chi connectivity index (χ1n) is 5.66. The fourth-order valence-corrected chi connectivity index (χ4v) is 2.65. The molecule has 2 rings (SSSR count). The van der Waals surface area contributed by atoms with E-state index < -0.39 is 0 Å². The van der Waals surface area contributed by atoms with Crippen molar-refractivity contribution in [3.8, 4) is 0 Å². The molecule has 1 heterocycles. The first kappa shape index (κ1) is 11.0. The Morgan fingerprint density at radius 3 is 3.07 bits per heavy atom. The van der Waals surface area contributed by atoms with E-state index in [4.69, 9.17) is 0 Å². The van der Waals surface area contributed by atoms with Gasteiger partial charge in [0.15, 0.2) is 0 Å². The van der Waals surface area contributed by atoms with E-state index in [9.17, 15) is 5.11 Å². The molecule has 1 aromatic heterocycles. The molecular formula is C11H18N2OS. The first-order chi connectivity index (χ1) is 7.36. The lowest BCUT2D eigenvalue weighted by Crippen LogP contribution is -2.38. The topological polar surface area (TPSA) is 45.1 Å². The second-order valence-electron chi connectivity index (χ2n) is 4.12. The summed E-state index contributed by atoms with van der Waals surface area (Å²) in [6.45, 7) is 0.791. The standard InChI is InChI=1S/C11H18N2OS/c14-10-5-3-1-2-4-9(10)13-8-11-12-6-7-15-11/h6-7,9-10,13-14H,1-5,8H2. The number of aromatic nitrogens is 1. The molecule has 0 aromatic carbocycles. The molecule has 2 unspecified atom stereocenters. The van der Waals surface area contributed by atoms with E-state index in [0.29, 0.717) is 0 Å². The number of rotatable bonds is 3. The van der Waals surface area contributed by atoms with E-state index in [0.717, 1.165) is 30.8 Å². The summed E-state index contributed by atoms with van der Waals surface area (Å²) in [7, 11) is 0. The zero-order valence-corrected chi connectivity index (χ0v) is 9.67. The number of aliphatic hydroxyl groups excluding tert-OH is 1. The number of hydrogen-bond acceptors (Lipinski definition) is 4. The average Bonchev–Trinajstić information content (AvgIpc) is 2.67. The Labute approximate surface area is 94.5 Å². The first-order valence-corrected chi connectivity index (χ1v) is 6.54. The highest BCUT2D eigenvalue weighted by atomic mass is 32.1. The molecule has 4 heteroatoms. The Kier molecular flexibility index (Phi) is 4.11. The highest BCUT2D eigenvalue weighted by molar-refractivity contribution is 7.09. The van der Waals surface area contributed by atoms with Crippen molar-refractivity contribution in [1.82, 2.24) is 10.3 Å². The third-order valence-corrected chi connectivity index (χ3v) is 3.76. The van der Waals surface area contributed by atoms with Gasteiger partial charge in [-0.15, -0.1) is 11.3 Å². The second kappa shape index (κ2) is 5.58. The zero-order valence-electron chi connectivity index (χ0n) is 8.85. The summed E-state index contributed by atoms with van der Waals surface area (Å²) in [5.74, 6) is 0.